The Balaban J connectivity index is 1.46. The Kier molecular flexibility index (Phi) is 5.02. The summed E-state index contributed by atoms with van der Waals surface area (Å²) in [4.78, 5) is 19.2. The lowest BCUT2D eigenvalue weighted by atomic mass is 10.1. The zero-order chi connectivity index (χ0) is 17.2. The Hall–Kier alpha value is -1.49. The molecule has 2 bridgehead atoms. The number of hydrogen-bond donors (Lipinski definition) is 1. The number of morpholine rings is 1. The van der Waals surface area contributed by atoms with Crippen molar-refractivity contribution >= 4 is 27.5 Å². The van der Waals surface area contributed by atoms with Crippen molar-refractivity contribution in [3.63, 3.8) is 0 Å². The Labute approximate surface area is 150 Å². The maximum absolute atomic E-state index is 12.8. The summed E-state index contributed by atoms with van der Waals surface area (Å²) in [5, 5.41) is 9.41. The van der Waals surface area contributed by atoms with Gasteiger partial charge in [0.2, 0.25) is 16.2 Å². The van der Waals surface area contributed by atoms with Gasteiger partial charge in [-0.25, -0.2) is 0 Å². The number of fused-ring (bicyclic) bond motifs is 3. The standard InChI is InChI=1S/C15H24N6O3S/c16-14-17-18-15(25-14)21-6-11-5-20(7-12(21)10-24-9-11)13(22)8-19-1-3-23-4-2-19/h11-12H,1-10H2,(H2,16,17)/t11-,12-/m0/s1. The second kappa shape index (κ2) is 7.40. The number of ether oxygens (including phenoxy) is 2. The number of nitrogen functional groups attached to an aromatic ring is 1. The zero-order valence-corrected chi connectivity index (χ0v) is 15.0. The van der Waals surface area contributed by atoms with E-state index in [-0.39, 0.29) is 17.9 Å². The molecule has 0 aliphatic carbocycles. The van der Waals surface area contributed by atoms with Crippen molar-refractivity contribution in [1.82, 2.24) is 20.0 Å². The van der Waals surface area contributed by atoms with Crippen LogP contribution in [0.15, 0.2) is 0 Å². The molecule has 3 saturated heterocycles. The van der Waals surface area contributed by atoms with Gasteiger partial charge >= 0.3 is 0 Å². The normalized spacial score (nSPS) is 28.0. The molecule has 4 rings (SSSR count). The molecule has 3 aliphatic heterocycles. The van der Waals surface area contributed by atoms with E-state index in [0.717, 1.165) is 31.3 Å². The molecule has 4 heterocycles. The van der Waals surface area contributed by atoms with Crippen molar-refractivity contribution in [2.24, 2.45) is 5.92 Å². The number of aromatic nitrogens is 2. The van der Waals surface area contributed by atoms with E-state index in [2.05, 4.69) is 20.0 Å². The molecule has 1 aromatic rings. The maximum atomic E-state index is 12.8. The second-order valence-corrected chi connectivity index (χ2v) is 7.81. The molecule has 1 aromatic heterocycles. The lowest BCUT2D eigenvalue weighted by molar-refractivity contribution is -0.135. The summed E-state index contributed by atoms with van der Waals surface area (Å²) in [6.45, 7) is 6.99. The van der Waals surface area contributed by atoms with Crippen LogP contribution in [-0.4, -0.2) is 97.6 Å². The first-order valence-electron chi connectivity index (χ1n) is 8.70. The highest BCUT2D eigenvalue weighted by Gasteiger charge is 2.36. The predicted molar refractivity (Wildman–Crippen MR) is 93.6 cm³/mol. The summed E-state index contributed by atoms with van der Waals surface area (Å²) in [6, 6.07) is 0.0912. The van der Waals surface area contributed by atoms with Crippen molar-refractivity contribution < 1.29 is 14.3 Å². The molecule has 0 aromatic carbocycles. The van der Waals surface area contributed by atoms with E-state index in [4.69, 9.17) is 15.2 Å². The topological polar surface area (TPSA) is 97.0 Å². The van der Waals surface area contributed by atoms with Crippen molar-refractivity contribution in [3.8, 4) is 0 Å². The predicted octanol–water partition coefficient (Wildman–Crippen LogP) is -0.884. The van der Waals surface area contributed by atoms with Crippen molar-refractivity contribution in [1.29, 1.82) is 0 Å². The highest BCUT2D eigenvalue weighted by Crippen LogP contribution is 2.29. The summed E-state index contributed by atoms with van der Waals surface area (Å²) < 4.78 is 11.2. The third-order valence-electron chi connectivity index (χ3n) is 4.96. The van der Waals surface area contributed by atoms with Crippen LogP contribution in [0.2, 0.25) is 0 Å². The average molecular weight is 368 g/mol. The minimum atomic E-state index is 0.0912. The molecule has 0 unspecified atom stereocenters. The van der Waals surface area contributed by atoms with E-state index in [1.165, 1.54) is 11.3 Å². The first-order valence-corrected chi connectivity index (χ1v) is 9.52. The van der Waals surface area contributed by atoms with Crippen LogP contribution in [0.5, 0.6) is 0 Å². The quantitative estimate of drug-likeness (QED) is 0.734. The first kappa shape index (κ1) is 17.0. The molecule has 3 aliphatic rings. The molecule has 138 valence electrons. The Bertz CT molecular complexity index is 608. The summed E-state index contributed by atoms with van der Waals surface area (Å²) in [5.74, 6) is 0.462. The van der Waals surface area contributed by atoms with Gasteiger partial charge in [0.1, 0.15) is 0 Å². The van der Waals surface area contributed by atoms with Crippen LogP contribution in [-0.2, 0) is 14.3 Å². The van der Waals surface area contributed by atoms with Gasteiger partial charge in [0.05, 0.1) is 39.0 Å². The average Bonchev–Trinajstić information content (AvgIpc) is 2.82. The fraction of sp³-hybridized carbons (Fsp3) is 0.800. The molecule has 0 spiro atoms. The van der Waals surface area contributed by atoms with Crippen LogP contribution in [0.25, 0.3) is 0 Å². The second-order valence-electron chi connectivity index (χ2n) is 6.82. The lowest BCUT2D eigenvalue weighted by Crippen LogP contribution is -2.50. The summed E-state index contributed by atoms with van der Waals surface area (Å²) in [6.07, 6.45) is 0. The Morgan fingerprint density at radius 2 is 2.00 bits per heavy atom. The maximum Gasteiger partial charge on any atom is 0.236 e. The van der Waals surface area contributed by atoms with Crippen molar-refractivity contribution in [2.45, 2.75) is 6.04 Å². The minimum absolute atomic E-state index is 0.0912. The number of amides is 1. The molecule has 2 atom stereocenters. The van der Waals surface area contributed by atoms with Gasteiger partial charge in [-0.05, 0) is 0 Å². The summed E-state index contributed by atoms with van der Waals surface area (Å²) in [7, 11) is 0. The van der Waals surface area contributed by atoms with Crippen molar-refractivity contribution in [2.75, 3.05) is 76.3 Å². The number of hydrogen-bond acceptors (Lipinski definition) is 9. The molecular formula is C15H24N6O3S. The van der Waals surface area contributed by atoms with Gasteiger partial charge in [-0.2, -0.15) is 0 Å². The SMILES string of the molecule is Nc1nnc(N2C[C@H]3COC[C@@H]2CN(C(=O)CN2CCOCC2)C3)s1. The fourth-order valence-electron chi connectivity index (χ4n) is 3.67. The van der Waals surface area contributed by atoms with E-state index < -0.39 is 0 Å². The molecule has 0 radical (unpaired) electrons. The Morgan fingerprint density at radius 3 is 2.76 bits per heavy atom. The van der Waals surface area contributed by atoms with E-state index in [9.17, 15) is 4.79 Å². The highest BCUT2D eigenvalue weighted by atomic mass is 32.1. The molecule has 25 heavy (non-hydrogen) atoms. The van der Waals surface area contributed by atoms with Crippen LogP contribution in [0.1, 0.15) is 0 Å². The van der Waals surface area contributed by atoms with E-state index in [1.54, 1.807) is 0 Å². The molecular weight excluding hydrogens is 344 g/mol. The van der Waals surface area contributed by atoms with E-state index >= 15 is 0 Å². The number of nitrogens with zero attached hydrogens (tertiary/aromatic N) is 5. The molecule has 9 nitrogen and oxygen atoms in total. The van der Waals surface area contributed by atoms with Gasteiger partial charge in [-0.3, -0.25) is 9.69 Å². The first-order chi connectivity index (χ1) is 12.2. The van der Waals surface area contributed by atoms with E-state index in [1.807, 2.05) is 4.90 Å². The summed E-state index contributed by atoms with van der Waals surface area (Å²) in [5.41, 5.74) is 5.75. The smallest absolute Gasteiger partial charge is 0.236 e. The zero-order valence-electron chi connectivity index (χ0n) is 14.2. The number of rotatable bonds is 3. The highest BCUT2D eigenvalue weighted by molar-refractivity contribution is 7.18. The molecule has 10 heteroatoms. The van der Waals surface area contributed by atoms with Crippen LogP contribution in [0, 0.1) is 5.92 Å². The van der Waals surface area contributed by atoms with Gasteiger partial charge in [0.25, 0.3) is 0 Å². The monoisotopic (exact) mass is 368 g/mol. The molecule has 1 amide bonds. The van der Waals surface area contributed by atoms with E-state index in [0.29, 0.717) is 44.6 Å². The number of anilines is 2. The van der Waals surface area contributed by atoms with Gasteiger partial charge in [0.15, 0.2) is 0 Å². The number of nitrogens with two attached hydrogens (primary N) is 1. The fourth-order valence-corrected chi connectivity index (χ4v) is 4.37. The van der Waals surface area contributed by atoms with Crippen LogP contribution < -0.4 is 10.6 Å². The third-order valence-corrected chi connectivity index (χ3v) is 5.75. The van der Waals surface area contributed by atoms with Crippen LogP contribution in [0.3, 0.4) is 0 Å². The third kappa shape index (κ3) is 3.86. The lowest BCUT2D eigenvalue weighted by Gasteiger charge is -2.33. The van der Waals surface area contributed by atoms with Crippen molar-refractivity contribution in [3.05, 3.63) is 0 Å². The molecule has 0 saturated carbocycles. The Morgan fingerprint density at radius 1 is 1.16 bits per heavy atom. The summed E-state index contributed by atoms with van der Waals surface area (Å²) >= 11 is 1.39. The largest absolute Gasteiger partial charge is 0.379 e. The number of carbonyl (C=O) groups excluding carboxylic acids is 1. The molecule has 2 N–H and O–H groups in total. The van der Waals surface area contributed by atoms with Gasteiger partial charge in [0, 0.05) is 38.6 Å². The van der Waals surface area contributed by atoms with Crippen LogP contribution >= 0.6 is 11.3 Å². The molecule has 3 fully saturated rings. The van der Waals surface area contributed by atoms with Crippen LogP contribution in [0.4, 0.5) is 10.3 Å². The minimum Gasteiger partial charge on any atom is -0.379 e. The van der Waals surface area contributed by atoms with Gasteiger partial charge in [-0.15, -0.1) is 10.2 Å². The number of carbonyl (C=O) groups is 1. The van der Waals surface area contributed by atoms with Gasteiger partial charge in [-0.1, -0.05) is 11.3 Å². The van der Waals surface area contributed by atoms with Gasteiger partial charge < -0.3 is 25.0 Å².